The topological polar surface area (TPSA) is 3.24 Å². The maximum absolute atomic E-state index is 2.21. The van der Waals surface area contributed by atoms with Crippen LogP contribution >= 0.6 is 0 Å². The molecule has 0 N–H and O–H groups in total. The molecule has 0 aliphatic heterocycles. The molecule has 10 heavy (non-hydrogen) atoms. The lowest BCUT2D eigenvalue weighted by atomic mass is 10.3. The smallest absolute Gasteiger partial charge is 0.0165 e. The van der Waals surface area contributed by atoms with Crippen molar-refractivity contribution >= 4 is 0 Å². The Bertz CT molecular complexity index is 171. The van der Waals surface area contributed by atoms with Crippen LogP contribution in [0.3, 0.4) is 0 Å². The van der Waals surface area contributed by atoms with Crippen LogP contribution in [0.1, 0.15) is 0 Å². The van der Waals surface area contributed by atoms with E-state index in [9.17, 15) is 0 Å². The number of hydrogen-bond acceptors (Lipinski definition) is 1. The summed E-state index contributed by atoms with van der Waals surface area (Å²) in [6, 6.07) is 0. The molecule has 1 aliphatic rings. The van der Waals surface area contributed by atoms with E-state index in [1.807, 2.05) is 0 Å². The molecule has 0 fully saturated rings. The molecular formula is C9H13N. The summed E-state index contributed by atoms with van der Waals surface area (Å²) in [5.41, 5.74) is 1.31. The van der Waals surface area contributed by atoms with Gasteiger partial charge in [0, 0.05) is 6.54 Å². The molecule has 54 valence electrons. The third kappa shape index (κ3) is 2.19. The van der Waals surface area contributed by atoms with Crippen LogP contribution in [0.15, 0.2) is 36.0 Å². The zero-order valence-corrected chi connectivity index (χ0v) is 6.54. The molecule has 0 unspecified atom stereocenters. The fourth-order valence-electron chi connectivity index (χ4n) is 0.813. The van der Waals surface area contributed by atoms with Crippen LogP contribution in [-0.4, -0.2) is 25.5 Å². The van der Waals surface area contributed by atoms with Crippen molar-refractivity contribution < 1.29 is 0 Å². The summed E-state index contributed by atoms with van der Waals surface area (Å²) in [6.45, 7) is 1.02. The van der Waals surface area contributed by atoms with Gasteiger partial charge in [-0.3, -0.25) is 0 Å². The van der Waals surface area contributed by atoms with Gasteiger partial charge < -0.3 is 4.90 Å². The first-order valence-corrected chi connectivity index (χ1v) is 3.48. The van der Waals surface area contributed by atoms with Gasteiger partial charge >= 0.3 is 0 Å². The molecule has 0 heterocycles. The minimum absolute atomic E-state index is 1.02. The van der Waals surface area contributed by atoms with Crippen LogP contribution in [-0.2, 0) is 0 Å². The molecule has 0 aromatic carbocycles. The highest BCUT2D eigenvalue weighted by Gasteiger charge is 1.90. The molecular weight excluding hydrogens is 122 g/mol. The van der Waals surface area contributed by atoms with Gasteiger partial charge in [0.15, 0.2) is 0 Å². The van der Waals surface area contributed by atoms with Crippen LogP contribution in [0.25, 0.3) is 0 Å². The summed E-state index contributed by atoms with van der Waals surface area (Å²) in [5.74, 6) is 0. The van der Waals surface area contributed by atoms with Crippen molar-refractivity contribution in [1.82, 2.24) is 4.90 Å². The minimum Gasteiger partial charge on any atom is -0.306 e. The average molecular weight is 135 g/mol. The zero-order valence-electron chi connectivity index (χ0n) is 6.54. The molecule has 0 radical (unpaired) electrons. The summed E-state index contributed by atoms with van der Waals surface area (Å²) in [5, 5.41) is 0. The van der Waals surface area contributed by atoms with E-state index >= 15 is 0 Å². The Hall–Kier alpha value is -0.820. The van der Waals surface area contributed by atoms with E-state index in [0.717, 1.165) is 6.54 Å². The van der Waals surface area contributed by atoms with E-state index in [2.05, 4.69) is 49.4 Å². The molecule has 0 saturated carbocycles. The highest BCUT2D eigenvalue weighted by atomic mass is 15.0. The summed E-state index contributed by atoms with van der Waals surface area (Å²) >= 11 is 0. The van der Waals surface area contributed by atoms with Gasteiger partial charge in [-0.25, -0.2) is 0 Å². The fraction of sp³-hybridized carbons (Fsp3) is 0.333. The van der Waals surface area contributed by atoms with Crippen molar-refractivity contribution in [2.24, 2.45) is 0 Å². The Kier molecular flexibility index (Phi) is 2.46. The second kappa shape index (κ2) is 3.37. The molecule has 1 rings (SSSR count). The van der Waals surface area contributed by atoms with Crippen LogP contribution < -0.4 is 0 Å². The van der Waals surface area contributed by atoms with Gasteiger partial charge in [-0.1, -0.05) is 30.4 Å². The van der Waals surface area contributed by atoms with E-state index in [0.29, 0.717) is 0 Å². The van der Waals surface area contributed by atoms with Gasteiger partial charge in [0.2, 0.25) is 0 Å². The Balaban J connectivity index is 2.40. The van der Waals surface area contributed by atoms with Crippen LogP contribution in [0.5, 0.6) is 0 Å². The lowest BCUT2D eigenvalue weighted by Crippen LogP contribution is -2.10. The van der Waals surface area contributed by atoms with Gasteiger partial charge in [-0.2, -0.15) is 0 Å². The first-order valence-electron chi connectivity index (χ1n) is 3.48. The molecule has 0 spiro atoms. The van der Waals surface area contributed by atoms with Gasteiger partial charge in [-0.05, 0) is 19.7 Å². The summed E-state index contributed by atoms with van der Waals surface area (Å²) in [7, 11) is 4.14. The Morgan fingerprint density at radius 3 is 2.40 bits per heavy atom. The van der Waals surface area contributed by atoms with Gasteiger partial charge in [0.1, 0.15) is 0 Å². The molecule has 0 aromatic heterocycles. The number of rotatable bonds is 2. The normalized spacial score (nSPS) is 15.3. The quantitative estimate of drug-likeness (QED) is 0.556. The van der Waals surface area contributed by atoms with Crippen molar-refractivity contribution in [3.05, 3.63) is 36.0 Å². The molecule has 1 heteroatoms. The van der Waals surface area contributed by atoms with Crippen LogP contribution in [0.2, 0.25) is 0 Å². The molecule has 0 aromatic rings. The maximum atomic E-state index is 2.21. The lowest BCUT2D eigenvalue weighted by molar-refractivity contribution is 0.456. The van der Waals surface area contributed by atoms with Crippen molar-refractivity contribution in [3.63, 3.8) is 0 Å². The van der Waals surface area contributed by atoms with Crippen molar-refractivity contribution in [1.29, 1.82) is 0 Å². The second-order valence-electron chi connectivity index (χ2n) is 2.68. The van der Waals surface area contributed by atoms with E-state index in [-0.39, 0.29) is 0 Å². The lowest BCUT2D eigenvalue weighted by Gasteiger charge is -2.04. The predicted molar refractivity (Wildman–Crippen MR) is 44.9 cm³/mol. The molecule has 0 amide bonds. The molecule has 0 bridgehead atoms. The van der Waals surface area contributed by atoms with E-state index in [1.54, 1.807) is 0 Å². The van der Waals surface area contributed by atoms with E-state index < -0.39 is 0 Å². The first-order chi connectivity index (χ1) is 4.79. The Morgan fingerprint density at radius 1 is 1.30 bits per heavy atom. The predicted octanol–water partition coefficient (Wildman–Crippen LogP) is 1.60. The zero-order chi connectivity index (χ0) is 7.40. The third-order valence-corrected chi connectivity index (χ3v) is 1.38. The highest BCUT2D eigenvalue weighted by Crippen LogP contribution is 2.05. The number of allylic oxidation sites excluding steroid dienone is 5. The molecule has 1 aliphatic carbocycles. The number of nitrogens with zero attached hydrogens (tertiary/aromatic N) is 1. The summed E-state index contributed by atoms with van der Waals surface area (Å²) < 4.78 is 0. The second-order valence-corrected chi connectivity index (χ2v) is 2.68. The molecule has 1 nitrogen and oxygen atoms in total. The fourth-order valence-corrected chi connectivity index (χ4v) is 0.813. The van der Waals surface area contributed by atoms with E-state index in [1.165, 1.54) is 5.57 Å². The standard InChI is InChI=1S/C9H13N/c1-10(2)8-7-9-5-3-4-6-9/h3-7H,8H2,1-2H3. The Morgan fingerprint density at radius 2 is 1.90 bits per heavy atom. The summed E-state index contributed by atoms with van der Waals surface area (Å²) in [6.07, 6.45) is 10.6. The van der Waals surface area contributed by atoms with Gasteiger partial charge in [-0.15, -0.1) is 0 Å². The molecule has 0 saturated heterocycles. The third-order valence-electron chi connectivity index (χ3n) is 1.38. The van der Waals surface area contributed by atoms with Crippen molar-refractivity contribution in [3.8, 4) is 0 Å². The minimum atomic E-state index is 1.02. The van der Waals surface area contributed by atoms with E-state index in [4.69, 9.17) is 0 Å². The van der Waals surface area contributed by atoms with Crippen LogP contribution in [0.4, 0.5) is 0 Å². The average Bonchev–Trinajstić information content (AvgIpc) is 2.34. The van der Waals surface area contributed by atoms with Gasteiger partial charge in [0.25, 0.3) is 0 Å². The Labute approximate surface area is 62.3 Å². The molecule has 0 atom stereocenters. The highest BCUT2D eigenvalue weighted by molar-refractivity contribution is 5.39. The van der Waals surface area contributed by atoms with Crippen molar-refractivity contribution in [2.75, 3.05) is 20.6 Å². The summed E-state index contributed by atoms with van der Waals surface area (Å²) in [4.78, 5) is 2.15. The van der Waals surface area contributed by atoms with Gasteiger partial charge in [0.05, 0.1) is 0 Å². The largest absolute Gasteiger partial charge is 0.306 e. The monoisotopic (exact) mass is 135 g/mol. The van der Waals surface area contributed by atoms with Crippen LogP contribution in [0, 0.1) is 0 Å². The van der Waals surface area contributed by atoms with Crippen molar-refractivity contribution in [2.45, 2.75) is 0 Å². The SMILES string of the molecule is CN(C)CC=C1C=CC=C1. The number of likely N-dealkylation sites (N-methyl/N-ethyl adjacent to an activating group) is 1. The number of hydrogen-bond donors (Lipinski definition) is 0. The maximum Gasteiger partial charge on any atom is 0.0165 e. The first kappa shape index (κ1) is 7.29.